The standard InChI is InChI=1S/C20H29N3O3/c1-19(2,3)26-18(25)22-12-11-21-16-13-17(24)23(20(16,4)5)14-15-9-7-6-8-10-15/h6-10,13,21H,11-12,14H2,1-5H3,(H,22,25). The van der Waals surface area contributed by atoms with Crippen LogP contribution in [0.4, 0.5) is 4.79 Å². The number of carbonyl (C=O) groups excluding carboxylic acids is 2. The molecule has 0 unspecified atom stereocenters. The van der Waals surface area contributed by atoms with Crippen LogP contribution in [0.2, 0.25) is 0 Å². The molecule has 0 atom stereocenters. The van der Waals surface area contributed by atoms with Crippen LogP contribution in [0.1, 0.15) is 40.2 Å². The van der Waals surface area contributed by atoms with Crippen LogP contribution < -0.4 is 10.6 Å². The SMILES string of the molecule is CC(C)(C)OC(=O)NCCNC1=CC(=O)N(Cc2ccccc2)C1(C)C. The highest BCUT2D eigenvalue weighted by molar-refractivity contribution is 5.92. The summed E-state index contributed by atoms with van der Waals surface area (Å²) in [6.07, 6.45) is 1.19. The van der Waals surface area contributed by atoms with Gasteiger partial charge >= 0.3 is 6.09 Å². The smallest absolute Gasteiger partial charge is 0.407 e. The summed E-state index contributed by atoms with van der Waals surface area (Å²) in [6, 6.07) is 9.93. The van der Waals surface area contributed by atoms with Crippen molar-refractivity contribution in [3.05, 3.63) is 47.7 Å². The van der Waals surface area contributed by atoms with Crippen molar-refractivity contribution in [3.8, 4) is 0 Å². The molecule has 1 aromatic rings. The van der Waals surface area contributed by atoms with E-state index in [9.17, 15) is 9.59 Å². The van der Waals surface area contributed by atoms with Gasteiger partial charge in [0, 0.05) is 31.4 Å². The molecule has 0 aliphatic carbocycles. The minimum absolute atomic E-state index is 0.0125. The van der Waals surface area contributed by atoms with Crippen molar-refractivity contribution >= 4 is 12.0 Å². The lowest BCUT2D eigenvalue weighted by molar-refractivity contribution is -0.128. The van der Waals surface area contributed by atoms with Crippen molar-refractivity contribution in [2.24, 2.45) is 0 Å². The van der Waals surface area contributed by atoms with Crippen LogP contribution in [0.5, 0.6) is 0 Å². The van der Waals surface area contributed by atoms with Gasteiger partial charge in [-0.25, -0.2) is 4.79 Å². The number of ether oxygens (including phenoxy) is 1. The fraction of sp³-hybridized carbons (Fsp3) is 0.500. The molecule has 0 aromatic heterocycles. The zero-order valence-corrected chi connectivity index (χ0v) is 16.3. The zero-order valence-electron chi connectivity index (χ0n) is 16.3. The summed E-state index contributed by atoms with van der Waals surface area (Å²) < 4.78 is 5.20. The maximum Gasteiger partial charge on any atom is 0.407 e. The highest BCUT2D eigenvalue weighted by Crippen LogP contribution is 2.30. The Morgan fingerprint density at radius 1 is 1.15 bits per heavy atom. The Morgan fingerprint density at radius 3 is 2.42 bits per heavy atom. The third-order valence-corrected chi connectivity index (χ3v) is 4.16. The molecule has 0 saturated carbocycles. The Labute approximate surface area is 155 Å². The van der Waals surface area contributed by atoms with Gasteiger partial charge in [-0.2, -0.15) is 0 Å². The highest BCUT2D eigenvalue weighted by atomic mass is 16.6. The minimum atomic E-state index is -0.516. The maximum atomic E-state index is 12.4. The molecule has 142 valence electrons. The Morgan fingerprint density at radius 2 is 1.81 bits per heavy atom. The second-order valence-corrected chi connectivity index (χ2v) is 7.88. The van der Waals surface area contributed by atoms with E-state index in [0.717, 1.165) is 11.3 Å². The van der Waals surface area contributed by atoms with Crippen LogP contribution in [0.15, 0.2) is 42.1 Å². The first kappa shape index (κ1) is 19.8. The number of nitrogens with zero attached hydrogens (tertiary/aromatic N) is 1. The second kappa shape index (κ2) is 7.81. The van der Waals surface area contributed by atoms with Crippen molar-refractivity contribution in [3.63, 3.8) is 0 Å². The third-order valence-electron chi connectivity index (χ3n) is 4.16. The number of nitrogens with one attached hydrogen (secondary N) is 2. The van der Waals surface area contributed by atoms with E-state index in [2.05, 4.69) is 10.6 Å². The van der Waals surface area contributed by atoms with Gasteiger partial charge in [-0.05, 0) is 40.2 Å². The van der Waals surface area contributed by atoms with E-state index in [1.165, 1.54) is 0 Å². The maximum absolute atomic E-state index is 12.4. The molecule has 6 heteroatoms. The number of rotatable bonds is 6. The largest absolute Gasteiger partial charge is 0.444 e. The van der Waals surface area contributed by atoms with Gasteiger partial charge in [0.1, 0.15) is 5.60 Å². The molecule has 1 aromatic carbocycles. The lowest BCUT2D eigenvalue weighted by Crippen LogP contribution is -2.46. The van der Waals surface area contributed by atoms with E-state index in [0.29, 0.717) is 19.6 Å². The molecule has 1 aliphatic rings. The minimum Gasteiger partial charge on any atom is -0.444 e. The molecule has 0 bridgehead atoms. The first-order valence-electron chi connectivity index (χ1n) is 8.88. The number of alkyl carbamates (subject to hydrolysis) is 1. The quantitative estimate of drug-likeness (QED) is 0.766. The summed E-state index contributed by atoms with van der Waals surface area (Å²) in [6.45, 7) is 11.0. The summed E-state index contributed by atoms with van der Waals surface area (Å²) >= 11 is 0. The van der Waals surface area contributed by atoms with Gasteiger partial charge in [0.15, 0.2) is 0 Å². The summed E-state index contributed by atoms with van der Waals surface area (Å²) in [7, 11) is 0. The molecular formula is C20H29N3O3. The lowest BCUT2D eigenvalue weighted by Gasteiger charge is -2.35. The van der Waals surface area contributed by atoms with Gasteiger partial charge < -0.3 is 20.3 Å². The summed E-state index contributed by atoms with van der Waals surface area (Å²) in [5.41, 5.74) is 0.996. The molecule has 2 N–H and O–H groups in total. The van der Waals surface area contributed by atoms with Crippen molar-refractivity contribution in [2.45, 2.75) is 52.3 Å². The molecule has 2 rings (SSSR count). The number of amides is 2. The van der Waals surface area contributed by atoms with E-state index >= 15 is 0 Å². The van der Waals surface area contributed by atoms with Crippen LogP contribution in [-0.2, 0) is 16.1 Å². The molecule has 0 saturated heterocycles. The van der Waals surface area contributed by atoms with Crippen molar-refractivity contribution < 1.29 is 14.3 Å². The molecule has 6 nitrogen and oxygen atoms in total. The molecule has 2 amide bonds. The normalized spacial score (nSPS) is 16.3. The fourth-order valence-corrected chi connectivity index (χ4v) is 2.78. The Kier molecular flexibility index (Phi) is 5.95. The van der Waals surface area contributed by atoms with Crippen LogP contribution in [0.3, 0.4) is 0 Å². The molecular weight excluding hydrogens is 330 g/mol. The lowest BCUT2D eigenvalue weighted by atomic mass is 10.0. The van der Waals surface area contributed by atoms with E-state index in [1.807, 2.05) is 69.9 Å². The molecule has 0 spiro atoms. The monoisotopic (exact) mass is 359 g/mol. The first-order chi connectivity index (χ1) is 12.1. The van der Waals surface area contributed by atoms with Crippen LogP contribution in [-0.4, -0.2) is 41.1 Å². The zero-order chi connectivity index (χ0) is 19.4. The van der Waals surface area contributed by atoms with Gasteiger partial charge in [0.2, 0.25) is 5.91 Å². The van der Waals surface area contributed by atoms with Crippen LogP contribution in [0.25, 0.3) is 0 Å². The molecule has 1 aliphatic heterocycles. The van der Waals surface area contributed by atoms with Gasteiger partial charge in [0.25, 0.3) is 0 Å². The summed E-state index contributed by atoms with van der Waals surface area (Å²) in [5.74, 6) is -0.0125. The molecule has 0 fully saturated rings. The van der Waals surface area contributed by atoms with Crippen molar-refractivity contribution in [1.29, 1.82) is 0 Å². The number of hydrogen-bond acceptors (Lipinski definition) is 4. The third kappa shape index (κ3) is 5.25. The molecule has 0 radical (unpaired) electrons. The Balaban J connectivity index is 1.85. The molecule has 1 heterocycles. The number of benzene rings is 1. The molecule has 26 heavy (non-hydrogen) atoms. The summed E-state index contributed by atoms with van der Waals surface area (Å²) in [4.78, 5) is 25.9. The highest BCUT2D eigenvalue weighted by Gasteiger charge is 2.39. The number of carbonyl (C=O) groups is 2. The van der Waals surface area contributed by atoms with E-state index in [1.54, 1.807) is 6.08 Å². The van der Waals surface area contributed by atoms with Crippen LogP contribution >= 0.6 is 0 Å². The Hall–Kier alpha value is -2.50. The average Bonchev–Trinajstić information content (AvgIpc) is 2.74. The topological polar surface area (TPSA) is 70.7 Å². The summed E-state index contributed by atoms with van der Waals surface area (Å²) in [5, 5.41) is 5.97. The fourth-order valence-electron chi connectivity index (χ4n) is 2.78. The Bertz CT molecular complexity index is 675. The second-order valence-electron chi connectivity index (χ2n) is 7.88. The predicted octanol–water partition coefficient (Wildman–Crippen LogP) is 2.81. The van der Waals surface area contributed by atoms with Crippen LogP contribution in [0, 0.1) is 0 Å². The van der Waals surface area contributed by atoms with Gasteiger partial charge in [-0.15, -0.1) is 0 Å². The first-order valence-corrected chi connectivity index (χ1v) is 8.88. The average molecular weight is 359 g/mol. The predicted molar refractivity (Wildman–Crippen MR) is 101 cm³/mol. The van der Waals surface area contributed by atoms with Crippen molar-refractivity contribution in [2.75, 3.05) is 13.1 Å². The van der Waals surface area contributed by atoms with E-state index in [-0.39, 0.29) is 5.91 Å². The van der Waals surface area contributed by atoms with Gasteiger partial charge in [-0.3, -0.25) is 4.79 Å². The van der Waals surface area contributed by atoms with E-state index < -0.39 is 17.2 Å². The van der Waals surface area contributed by atoms with E-state index in [4.69, 9.17) is 4.74 Å². The van der Waals surface area contributed by atoms with Gasteiger partial charge in [0.05, 0.1) is 5.54 Å². The number of hydrogen-bond donors (Lipinski definition) is 2. The van der Waals surface area contributed by atoms with Crippen molar-refractivity contribution in [1.82, 2.24) is 15.5 Å². The van der Waals surface area contributed by atoms with Gasteiger partial charge in [-0.1, -0.05) is 30.3 Å².